The summed E-state index contributed by atoms with van der Waals surface area (Å²) in [5.74, 6) is 1.82. The molecule has 4 nitrogen and oxygen atoms in total. The Hall–Kier alpha value is -0.610. The van der Waals surface area contributed by atoms with Crippen LogP contribution in [-0.4, -0.2) is 61.5 Å². The Labute approximate surface area is 117 Å². The number of carbonyl (C=O) groups excluding carboxylic acids is 1. The van der Waals surface area contributed by atoms with Crippen molar-refractivity contribution in [3.8, 4) is 0 Å². The maximum Gasteiger partial charge on any atom is 0.236 e. The first-order valence-electron chi connectivity index (χ1n) is 7.93. The van der Waals surface area contributed by atoms with E-state index in [1.54, 1.807) is 0 Å². The van der Waals surface area contributed by atoms with Crippen molar-refractivity contribution in [2.45, 2.75) is 33.1 Å². The van der Waals surface area contributed by atoms with Crippen LogP contribution in [0.4, 0.5) is 0 Å². The van der Waals surface area contributed by atoms with E-state index >= 15 is 0 Å². The van der Waals surface area contributed by atoms with E-state index in [1.807, 2.05) is 4.90 Å². The fourth-order valence-electron chi connectivity index (χ4n) is 2.87. The van der Waals surface area contributed by atoms with Crippen LogP contribution >= 0.6 is 0 Å². The van der Waals surface area contributed by atoms with E-state index in [4.69, 9.17) is 0 Å². The molecule has 2 rings (SSSR count). The highest BCUT2D eigenvalue weighted by Crippen LogP contribution is 2.27. The van der Waals surface area contributed by atoms with Crippen LogP contribution in [0.3, 0.4) is 0 Å². The Morgan fingerprint density at radius 1 is 1.21 bits per heavy atom. The van der Waals surface area contributed by atoms with Gasteiger partial charge in [-0.05, 0) is 50.7 Å². The molecule has 0 aromatic rings. The number of nitrogens with zero attached hydrogens (tertiary/aromatic N) is 2. The fourth-order valence-corrected chi connectivity index (χ4v) is 2.87. The van der Waals surface area contributed by atoms with Gasteiger partial charge in [-0.25, -0.2) is 0 Å². The molecule has 2 fully saturated rings. The molecule has 0 aromatic carbocycles. The minimum atomic E-state index is 0.294. The molecular formula is C15H29N3O. The van der Waals surface area contributed by atoms with Crippen molar-refractivity contribution >= 4 is 5.91 Å². The number of rotatable bonds is 8. The quantitative estimate of drug-likeness (QED) is 0.717. The highest BCUT2D eigenvalue weighted by molar-refractivity contribution is 5.78. The van der Waals surface area contributed by atoms with Crippen molar-refractivity contribution in [3.05, 3.63) is 0 Å². The molecule has 1 amide bonds. The fraction of sp³-hybridized carbons (Fsp3) is 0.933. The Morgan fingerprint density at radius 2 is 1.95 bits per heavy atom. The van der Waals surface area contributed by atoms with Crippen molar-refractivity contribution in [2.75, 3.05) is 45.8 Å². The second-order valence-electron chi connectivity index (χ2n) is 6.05. The first kappa shape index (κ1) is 14.8. The summed E-state index contributed by atoms with van der Waals surface area (Å²) >= 11 is 0. The lowest BCUT2D eigenvalue weighted by molar-refractivity contribution is -0.129. The molecule has 0 spiro atoms. The van der Waals surface area contributed by atoms with Crippen LogP contribution in [0.2, 0.25) is 0 Å². The molecule has 2 aliphatic rings. The van der Waals surface area contributed by atoms with Crippen LogP contribution in [0.25, 0.3) is 0 Å². The van der Waals surface area contributed by atoms with Gasteiger partial charge in [0.1, 0.15) is 0 Å². The van der Waals surface area contributed by atoms with E-state index in [-0.39, 0.29) is 0 Å². The molecule has 110 valence electrons. The maximum absolute atomic E-state index is 12.1. The number of likely N-dealkylation sites (tertiary alicyclic amines) is 1. The third kappa shape index (κ3) is 4.77. The lowest BCUT2D eigenvalue weighted by Gasteiger charge is -2.22. The number of hydrogen-bond donors (Lipinski definition) is 1. The molecule has 19 heavy (non-hydrogen) atoms. The summed E-state index contributed by atoms with van der Waals surface area (Å²) in [4.78, 5) is 16.6. The van der Waals surface area contributed by atoms with Gasteiger partial charge in [0.25, 0.3) is 0 Å². The number of hydrogen-bond acceptors (Lipinski definition) is 3. The number of amides is 1. The minimum Gasteiger partial charge on any atom is -0.341 e. The van der Waals surface area contributed by atoms with Crippen molar-refractivity contribution in [3.63, 3.8) is 0 Å². The molecule has 1 saturated heterocycles. The van der Waals surface area contributed by atoms with Crippen LogP contribution in [0, 0.1) is 11.8 Å². The highest BCUT2D eigenvalue weighted by Gasteiger charge is 2.27. The van der Waals surface area contributed by atoms with Gasteiger partial charge in [-0.1, -0.05) is 13.8 Å². The average Bonchev–Trinajstić information content (AvgIpc) is 3.12. The molecule has 0 radical (unpaired) electrons. The van der Waals surface area contributed by atoms with E-state index in [0.717, 1.165) is 45.2 Å². The lowest BCUT2D eigenvalue weighted by atomic mass is 10.1. The van der Waals surface area contributed by atoms with Crippen molar-refractivity contribution in [1.29, 1.82) is 0 Å². The second kappa shape index (κ2) is 7.25. The molecule has 1 N–H and O–H groups in total. The van der Waals surface area contributed by atoms with E-state index in [2.05, 4.69) is 24.1 Å². The normalized spacial score (nSPS) is 23.3. The summed E-state index contributed by atoms with van der Waals surface area (Å²) in [5.41, 5.74) is 0. The van der Waals surface area contributed by atoms with Crippen LogP contribution in [0.5, 0.6) is 0 Å². The average molecular weight is 267 g/mol. The van der Waals surface area contributed by atoms with Gasteiger partial charge in [0, 0.05) is 19.6 Å². The number of carbonyl (C=O) groups is 1. The molecule has 1 saturated carbocycles. The van der Waals surface area contributed by atoms with Gasteiger partial charge in [0.2, 0.25) is 5.91 Å². The van der Waals surface area contributed by atoms with Gasteiger partial charge in [-0.2, -0.15) is 0 Å². The summed E-state index contributed by atoms with van der Waals surface area (Å²) < 4.78 is 0. The van der Waals surface area contributed by atoms with E-state index in [0.29, 0.717) is 18.4 Å². The Bertz CT molecular complexity index is 287. The molecule has 1 aliphatic carbocycles. The predicted octanol–water partition coefficient (Wildman–Crippen LogP) is 1.18. The van der Waals surface area contributed by atoms with Gasteiger partial charge in [0.05, 0.1) is 6.54 Å². The van der Waals surface area contributed by atoms with Crippen LogP contribution in [0.1, 0.15) is 33.1 Å². The molecule has 1 aliphatic heterocycles. The SMILES string of the molecule is CCN(CC)CC1CCN(C(=O)CNCC2CC2)C1. The molecular weight excluding hydrogens is 238 g/mol. The Kier molecular flexibility index (Phi) is 5.64. The third-order valence-corrected chi connectivity index (χ3v) is 4.46. The van der Waals surface area contributed by atoms with Gasteiger partial charge in [-0.3, -0.25) is 4.79 Å². The van der Waals surface area contributed by atoms with E-state index in [9.17, 15) is 4.79 Å². The smallest absolute Gasteiger partial charge is 0.236 e. The molecule has 1 unspecified atom stereocenters. The first-order chi connectivity index (χ1) is 9.22. The molecule has 1 heterocycles. The zero-order chi connectivity index (χ0) is 13.7. The zero-order valence-corrected chi connectivity index (χ0v) is 12.5. The van der Waals surface area contributed by atoms with Gasteiger partial charge in [0.15, 0.2) is 0 Å². The molecule has 4 heteroatoms. The summed E-state index contributed by atoms with van der Waals surface area (Å²) in [6.45, 7) is 11.3. The van der Waals surface area contributed by atoms with Crippen molar-refractivity contribution in [2.24, 2.45) is 11.8 Å². The zero-order valence-electron chi connectivity index (χ0n) is 12.5. The molecule has 0 aromatic heterocycles. The van der Waals surface area contributed by atoms with E-state index in [1.165, 1.54) is 19.3 Å². The summed E-state index contributed by atoms with van der Waals surface area (Å²) in [6.07, 6.45) is 3.86. The summed E-state index contributed by atoms with van der Waals surface area (Å²) in [6, 6.07) is 0. The molecule has 0 bridgehead atoms. The topological polar surface area (TPSA) is 35.6 Å². The predicted molar refractivity (Wildman–Crippen MR) is 78.1 cm³/mol. The molecule has 1 atom stereocenters. The summed E-state index contributed by atoms with van der Waals surface area (Å²) in [5, 5.41) is 3.30. The third-order valence-electron chi connectivity index (χ3n) is 4.46. The standard InChI is InChI=1S/C15H29N3O/c1-3-17(4-2)11-14-7-8-18(12-14)15(19)10-16-9-13-5-6-13/h13-14,16H,3-12H2,1-2H3. The first-order valence-corrected chi connectivity index (χ1v) is 7.93. The number of nitrogens with one attached hydrogen (secondary N) is 1. The second-order valence-corrected chi connectivity index (χ2v) is 6.05. The van der Waals surface area contributed by atoms with Crippen molar-refractivity contribution in [1.82, 2.24) is 15.1 Å². The van der Waals surface area contributed by atoms with Crippen LogP contribution in [-0.2, 0) is 4.79 Å². The Morgan fingerprint density at radius 3 is 2.58 bits per heavy atom. The van der Waals surface area contributed by atoms with Gasteiger partial charge in [-0.15, -0.1) is 0 Å². The van der Waals surface area contributed by atoms with Crippen LogP contribution in [0.15, 0.2) is 0 Å². The minimum absolute atomic E-state index is 0.294. The van der Waals surface area contributed by atoms with Gasteiger partial charge >= 0.3 is 0 Å². The van der Waals surface area contributed by atoms with Gasteiger partial charge < -0.3 is 15.1 Å². The highest BCUT2D eigenvalue weighted by atomic mass is 16.2. The van der Waals surface area contributed by atoms with Crippen LogP contribution < -0.4 is 5.32 Å². The Balaban J connectivity index is 1.63. The maximum atomic E-state index is 12.1. The largest absolute Gasteiger partial charge is 0.341 e. The van der Waals surface area contributed by atoms with E-state index < -0.39 is 0 Å². The lowest BCUT2D eigenvalue weighted by Crippen LogP contribution is -2.38. The summed E-state index contributed by atoms with van der Waals surface area (Å²) in [7, 11) is 0. The monoisotopic (exact) mass is 267 g/mol. The van der Waals surface area contributed by atoms with Crippen molar-refractivity contribution < 1.29 is 4.79 Å².